The summed E-state index contributed by atoms with van der Waals surface area (Å²) in [5.74, 6) is 0.0639. The summed E-state index contributed by atoms with van der Waals surface area (Å²) >= 11 is 6.01. The lowest BCUT2D eigenvalue weighted by Gasteiger charge is -2.17. The second-order valence-corrected chi connectivity index (χ2v) is 6.60. The fourth-order valence-electron chi connectivity index (χ4n) is 2.48. The lowest BCUT2D eigenvalue weighted by atomic mass is 10.0. The molecule has 0 bridgehead atoms. The Morgan fingerprint density at radius 3 is 2.59 bits per heavy atom. The van der Waals surface area contributed by atoms with Crippen LogP contribution >= 0.6 is 11.6 Å². The number of nitrogens with one attached hydrogen (secondary N) is 2. The number of anilines is 1. The van der Waals surface area contributed by atoms with Crippen LogP contribution in [0.4, 0.5) is 5.69 Å². The van der Waals surface area contributed by atoms with Crippen molar-refractivity contribution >= 4 is 29.0 Å². The number of amides is 1. The molecule has 1 atom stereocenters. The van der Waals surface area contributed by atoms with E-state index in [1.54, 1.807) is 43.3 Å². The number of aliphatic hydroxyl groups excluding tert-OH is 1. The van der Waals surface area contributed by atoms with Gasteiger partial charge in [0.2, 0.25) is 0 Å². The summed E-state index contributed by atoms with van der Waals surface area (Å²) in [6, 6.07) is 9.88. The Kier molecular flexibility index (Phi) is 7.21. The highest BCUT2D eigenvalue weighted by Crippen LogP contribution is 2.25. The van der Waals surface area contributed by atoms with Gasteiger partial charge in [-0.15, -0.1) is 0 Å². The molecule has 2 rings (SSSR count). The molecule has 0 heterocycles. The minimum atomic E-state index is -0.334. The molecule has 2 aromatic carbocycles. The van der Waals surface area contributed by atoms with E-state index in [0.29, 0.717) is 27.6 Å². The van der Waals surface area contributed by atoms with Crippen LogP contribution in [-0.4, -0.2) is 36.6 Å². The van der Waals surface area contributed by atoms with Crippen molar-refractivity contribution in [3.8, 4) is 5.75 Å². The first kappa shape index (κ1) is 20.7. The molecular formula is C20H23ClN2O4. The van der Waals surface area contributed by atoms with E-state index in [-0.39, 0.29) is 30.9 Å². The second-order valence-electron chi connectivity index (χ2n) is 6.20. The molecule has 0 fully saturated rings. The van der Waals surface area contributed by atoms with Gasteiger partial charge in [0.1, 0.15) is 5.75 Å². The first-order chi connectivity index (χ1) is 12.8. The topological polar surface area (TPSA) is 87.7 Å². The highest BCUT2D eigenvalue weighted by atomic mass is 35.5. The largest absolute Gasteiger partial charge is 0.495 e. The number of Topliss-reactive ketones (excluding diaryl/α,β-unsaturated/α-hetero) is 1. The van der Waals surface area contributed by atoms with Crippen molar-refractivity contribution < 1.29 is 19.4 Å². The van der Waals surface area contributed by atoms with Crippen molar-refractivity contribution in [3.63, 3.8) is 0 Å². The van der Waals surface area contributed by atoms with E-state index in [4.69, 9.17) is 16.3 Å². The molecule has 144 valence electrons. The van der Waals surface area contributed by atoms with E-state index in [9.17, 15) is 14.7 Å². The molecule has 6 nitrogen and oxygen atoms in total. The van der Waals surface area contributed by atoms with Crippen LogP contribution in [0, 0.1) is 0 Å². The van der Waals surface area contributed by atoms with Gasteiger partial charge in [0.25, 0.3) is 5.91 Å². The third-order valence-corrected chi connectivity index (χ3v) is 4.33. The number of rotatable bonds is 8. The van der Waals surface area contributed by atoms with Crippen molar-refractivity contribution in [1.29, 1.82) is 0 Å². The highest BCUT2D eigenvalue weighted by Gasteiger charge is 2.15. The molecule has 0 radical (unpaired) electrons. The van der Waals surface area contributed by atoms with Gasteiger partial charge in [-0.1, -0.05) is 17.7 Å². The summed E-state index contributed by atoms with van der Waals surface area (Å²) in [6.45, 7) is 3.42. The monoisotopic (exact) mass is 390 g/mol. The molecule has 0 spiro atoms. The summed E-state index contributed by atoms with van der Waals surface area (Å²) in [5, 5.41) is 15.6. The number of ether oxygens (including phenoxy) is 1. The van der Waals surface area contributed by atoms with Gasteiger partial charge < -0.3 is 20.5 Å². The number of hydrogen-bond acceptors (Lipinski definition) is 5. The van der Waals surface area contributed by atoms with Gasteiger partial charge in [0.15, 0.2) is 5.78 Å². The first-order valence-electron chi connectivity index (χ1n) is 8.48. The molecule has 3 N–H and O–H groups in total. The zero-order valence-electron chi connectivity index (χ0n) is 15.5. The second kappa shape index (κ2) is 9.39. The van der Waals surface area contributed by atoms with Crippen molar-refractivity contribution in [2.75, 3.05) is 19.0 Å². The van der Waals surface area contributed by atoms with Crippen LogP contribution in [0.2, 0.25) is 5.02 Å². The number of carbonyl (C=O) groups excluding carboxylic acids is 2. The molecule has 0 saturated heterocycles. The summed E-state index contributed by atoms with van der Waals surface area (Å²) in [4.78, 5) is 24.4. The molecule has 0 unspecified atom stereocenters. The lowest BCUT2D eigenvalue weighted by Crippen LogP contribution is -2.26. The van der Waals surface area contributed by atoms with Gasteiger partial charge >= 0.3 is 0 Å². The van der Waals surface area contributed by atoms with Crippen molar-refractivity contribution in [2.24, 2.45) is 0 Å². The van der Waals surface area contributed by atoms with Crippen LogP contribution in [-0.2, 0) is 6.54 Å². The SMILES string of the molecule is COc1cc(CNC(=O)c2cc(C(C)=O)ccc2N[C@H](C)CO)ccc1Cl. The van der Waals surface area contributed by atoms with E-state index >= 15 is 0 Å². The number of benzene rings is 2. The van der Waals surface area contributed by atoms with E-state index in [1.807, 2.05) is 0 Å². The highest BCUT2D eigenvalue weighted by molar-refractivity contribution is 6.32. The van der Waals surface area contributed by atoms with E-state index in [0.717, 1.165) is 5.56 Å². The van der Waals surface area contributed by atoms with Crippen LogP contribution in [0.1, 0.15) is 40.1 Å². The molecular weight excluding hydrogens is 368 g/mol. The van der Waals surface area contributed by atoms with Gasteiger partial charge in [0, 0.05) is 23.8 Å². The summed E-state index contributed by atoms with van der Waals surface area (Å²) < 4.78 is 5.18. The van der Waals surface area contributed by atoms with Crippen LogP contribution in [0.25, 0.3) is 0 Å². The Bertz CT molecular complexity index is 839. The molecule has 0 aliphatic heterocycles. The van der Waals surface area contributed by atoms with Gasteiger partial charge in [-0.2, -0.15) is 0 Å². The van der Waals surface area contributed by atoms with Gasteiger partial charge in [-0.3, -0.25) is 9.59 Å². The van der Waals surface area contributed by atoms with Crippen LogP contribution in [0.15, 0.2) is 36.4 Å². The lowest BCUT2D eigenvalue weighted by molar-refractivity contribution is 0.0951. The van der Waals surface area contributed by atoms with Crippen LogP contribution in [0.5, 0.6) is 5.75 Å². The fraction of sp³-hybridized carbons (Fsp3) is 0.300. The minimum Gasteiger partial charge on any atom is -0.495 e. The Balaban J connectivity index is 2.22. The summed E-state index contributed by atoms with van der Waals surface area (Å²) in [5.41, 5.74) is 2.15. The number of ketones is 1. The fourth-order valence-corrected chi connectivity index (χ4v) is 2.67. The number of carbonyl (C=O) groups is 2. The van der Waals surface area contributed by atoms with E-state index in [1.165, 1.54) is 14.0 Å². The van der Waals surface area contributed by atoms with Crippen LogP contribution < -0.4 is 15.4 Å². The predicted molar refractivity (Wildman–Crippen MR) is 106 cm³/mol. The molecule has 7 heteroatoms. The Labute approximate surface area is 163 Å². The molecule has 0 saturated carbocycles. The van der Waals surface area contributed by atoms with Crippen LogP contribution in [0.3, 0.4) is 0 Å². The average molecular weight is 391 g/mol. The standard InChI is InChI=1S/C20H23ClN2O4/c1-12(11-24)23-18-7-5-15(13(2)25)9-16(18)20(26)22-10-14-4-6-17(21)19(8-14)27-3/h4-9,12,23-24H,10-11H2,1-3H3,(H,22,26)/t12-/m1/s1. The summed E-state index contributed by atoms with van der Waals surface area (Å²) in [7, 11) is 1.52. The zero-order valence-corrected chi connectivity index (χ0v) is 16.3. The number of hydrogen-bond donors (Lipinski definition) is 3. The Hall–Kier alpha value is -2.57. The average Bonchev–Trinajstić information content (AvgIpc) is 2.66. The van der Waals surface area contributed by atoms with E-state index in [2.05, 4.69) is 10.6 Å². The predicted octanol–water partition coefficient (Wildman–Crippen LogP) is 3.27. The van der Waals surface area contributed by atoms with Crippen molar-refractivity contribution in [1.82, 2.24) is 5.32 Å². The molecule has 0 aromatic heterocycles. The molecule has 0 aliphatic carbocycles. The smallest absolute Gasteiger partial charge is 0.253 e. The third-order valence-electron chi connectivity index (χ3n) is 4.02. The van der Waals surface area contributed by atoms with Gasteiger partial charge in [-0.25, -0.2) is 0 Å². The minimum absolute atomic E-state index is 0.0832. The number of aliphatic hydroxyl groups is 1. The van der Waals surface area contributed by atoms with Gasteiger partial charge in [-0.05, 0) is 49.7 Å². The van der Waals surface area contributed by atoms with Crippen molar-refractivity contribution in [3.05, 3.63) is 58.1 Å². The maximum atomic E-state index is 12.7. The molecule has 2 aromatic rings. The summed E-state index contributed by atoms with van der Waals surface area (Å²) in [6.07, 6.45) is 0. The Morgan fingerprint density at radius 2 is 1.96 bits per heavy atom. The maximum Gasteiger partial charge on any atom is 0.253 e. The molecule has 27 heavy (non-hydrogen) atoms. The molecule has 1 amide bonds. The zero-order chi connectivity index (χ0) is 20.0. The normalized spacial score (nSPS) is 11.6. The van der Waals surface area contributed by atoms with E-state index < -0.39 is 0 Å². The third kappa shape index (κ3) is 5.45. The molecule has 0 aliphatic rings. The number of halogens is 1. The Morgan fingerprint density at radius 1 is 1.22 bits per heavy atom. The number of methoxy groups -OCH3 is 1. The first-order valence-corrected chi connectivity index (χ1v) is 8.86. The van der Waals surface area contributed by atoms with Crippen molar-refractivity contribution in [2.45, 2.75) is 26.4 Å². The maximum absolute atomic E-state index is 12.7. The van der Waals surface area contributed by atoms with Gasteiger partial charge in [0.05, 0.1) is 24.3 Å². The quantitative estimate of drug-likeness (QED) is 0.602.